The fraction of sp³-hybridized carbons (Fsp3) is 0.227. The minimum atomic E-state index is -1.34. The van der Waals surface area contributed by atoms with E-state index in [4.69, 9.17) is 21.4 Å². The van der Waals surface area contributed by atoms with E-state index in [1.165, 1.54) is 11.3 Å². The molecule has 1 atom stereocenters. The molecule has 0 bridgehead atoms. The zero-order chi connectivity index (χ0) is 21.5. The second-order valence-corrected chi connectivity index (χ2v) is 7.97. The van der Waals surface area contributed by atoms with Gasteiger partial charge in [0.15, 0.2) is 5.75 Å². The molecule has 0 aliphatic carbocycles. The Labute approximate surface area is 184 Å². The van der Waals surface area contributed by atoms with Gasteiger partial charge in [-0.2, -0.15) is 0 Å². The molecule has 3 N–H and O–H groups in total. The molecule has 0 saturated carbocycles. The Kier molecular flexibility index (Phi) is 7.70. The highest BCUT2D eigenvalue weighted by Gasteiger charge is 2.15. The maximum Gasteiger partial charge on any atom is 0.511 e. The lowest BCUT2D eigenvalue weighted by molar-refractivity contribution is 0.145. The number of aliphatic hydroxyl groups excluding tert-OH is 1. The van der Waals surface area contributed by atoms with Gasteiger partial charge in [0.1, 0.15) is 0 Å². The Morgan fingerprint density at radius 1 is 1.23 bits per heavy atom. The summed E-state index contributed by atoms with van der Waals surface area (Å²) in [7, 11) is 0. The average molecular weight is 447 g/mol. The number of rotatable bonds is 9. The Morgan fingerprint density at radius 2 is 2.03 bits per heavy atom. The van der Waals surface area contributed by atoms with Gasteiger partial charge < -0.3 is 20.0 Å². The van der Waals surface area contributed by atoms with Gasteiger partial charge in [-0.15, -0.1) is 11.3 Å². The van der Waals surface area contributed by atoms with Gasteiger partial charge in [-0.1, -0.05) is 42.8 Å². The van der Waals surface area contributed by atoms with E-state index in [-0.39, 0.29) is 0 Å². The zero-order valence-corrected chi connectivity index (χ0v) is 18.0. The summed E-state index contributed by atoms with van der Waals surface area (Å²) in [5.41, 5.74) is 5.80. The Balaban J connectivity index is 1.77. The summed E-state index contributed by atoms with van der Waals surface area (Å²) in [4.78, 5) is 11.7. The van der Waals surface area contributed by atoms with E-state index in [0.29, 0.717) is 17.3 Å². The Bertz CT molecular complexity index is 995. The first-order chi connectivity index (χ1) is 14.5. The molecule has 30 heavy (non-hydrogen) atoms. The molecule has 3 aromatic rings. The predicted octanol–water partition coefficient (Wildman–Crippen LogP) is 5.58. The van der Waals surface area contributed by atoms with E-state index in [0.717, 1.165) is 34.7 Å². The summed E-state index contributed by atoms with van der Waals surface area (Å²) < 4.78 is 4.88. The first-order valence-corrected chi connectivity index (χ1v) is 10.8. The molecule has 1 heterocycles. The number of aliphatic hydroxyl groups is 1. The highest BCUT2D eigenvalue weighted by Crippen LogP contribution is 2.37. The highest BCUT2D eigenvalue weighted by atomic mass is 35.5. The number of halogens is 1. The quantitative estimate of drug-likeness (QED) is 0.294. The van der Waals surface area contributed by atoms with Crippen LogP contribution in [0.25, 0.3) is 10.4 Å². The number of carbonyl (C=O) groups is 1. The summed E-state index contributed by atoms with van der Waals surface area (Å²) in [6, 6.07) is 16.6. The topological polar surface area (TPSA) is 82.0 Å². The number of hydrazine groups is 1. The number of benzene rings is 2. The first kappa shape index (κ1) is 22.1. The number of ether oxygens (including phenoxy) is 1. The van der Waals surface area contributed by atoms with E-state index in [1.54, 1.807) is 23.6 Å². The summed E-state index contributed by atoms with van der Waals surface area (Å²) in [6.07, 6.45) is -1.15. The summed E-state index contributed by atoms with van der Waals surface area (Å²) in [5.74, 6) is 0.316. The molecule has 8 heteroatoms. The molecule has 3 rings (SSSR count). The van der Waals surface area contributed by atoms with Gasteiger partial charge in [0, 0.05) is 18.1 Å². The first-order valence-electron chi connectivity index (χ1n) is 9.51. The van der Waals surface area contributed by atoms with Crippen LogP contribution in [-0.4, -0.2) is 29.5 Å². The molecule has 158 valence electrons. The predicted molar refractivity (Wildman–Crippen MR) is 120 cm³/mol. The van der Waals surface area contributed by atoms with Crippen molar-refractivity contribution in [3.63, 3.8) is 0 Å². The third-order valence-electron chi connectivity index (χ3n) is 4.40. The van der Waals surface area contributed by atoms with E-state index >= 15 is 0 Å². The maximum atomic E-state index is 10.9. The third-order valence-corrected chi connectivity index (χ3v) is 5.58. The lowest BCUT2D eigenvalue weighted by atomic mass is 10.1. The fourth-order valence-electron chi connectivity index (χ4n) is 3.05. The number of thiophene rings is 1. The van der Waals surface area contributed by atoms with Crippen molar-refractivity contribution in [2.45, 2.75) is 19.4 Å². The van der Waals surface area contributed by atoms with E-state index in [9.17, 15) is 9.90 Å². The van der Waals surface area contributed by atoms with Gasteiger partial charge >= 0.3 is 6.16 Å². The van der Waals surface area contributed by atoms with Crippen molar-refractivity contribution >= 4 is 34.8 Å². The van der Waals surface area contributed by atoms with Crippen LogP contribution in [0.15, 0.2) is 60.0 Å². The van der Waals surface area contributed by atoms with Crippen molar-refractivity contribution in [3.05, 3.63) is 70.6 Å². The SMILES string of the molecule is CCCN(NC[C@H](O)c1cccc(Cl)c1)c1cccc(-c2sccc2OC(=O)O)c1. The lowest BCUT2D eigenvalue weighted by Crippen LogP contribution is -2.41. The number of hydrogen-bond donors (Lipinski definition) is 3. The second kappa shape index (κ2) is 10.4. The van der Waals surface area contributed by atoms with Crippen molar-refractivity contribution in [1.29, 1.82) is 0 Å². The molecule has 0 aliphatic rings. The molecule has 0 spiro atoms. The van der Waals surface area contributed by atoms with Crippen LogP contribution in [0, 0.1) is 0 Å². The number of nitrogens with one attached hydrogen (secondary N) is 1. The Hall–Kier alpha value is -2.58. The summed E-state index contributed by atoms with van der Waals surface area (Å²) in [6.45, 7) is 3.12. The molecule has 0 unspecified atom stereocenters. The zero-order valence-electron chi connectivity index (χ0n) is 16.4. The number of hydrogen-bond acceptors (Lipinski definition) is 6. The van der Waals surface area contributed by atoms with Crippen LogP contribution in [0.1, 0.15) is 25.0 Å². The average Bonchev–Trinajstić information content (AvgIpc) is 3.18. The number of nitrogens with zero attached hydrogens (tertiary/aromatic N) is 1. The van der Waals surface area contributed by atoms with Crippen molar-refractivity contribution in [1.82, 2.24) is 5.43 Å². The number of anilines is 1. The van der Waals surface area contributed by atoms with Crippen molar-refractivity contribution in [2.24, 2.45) is 0 Å². The highest BCUT2D eigenvalue weighted by molar-refractivity contribution is 7.14. The van der Waals surface area contributed by atoms with Crippen molar-refractivity contribution in [3.8, 4) is 16.2 Å². The van der Waals surface area contributed by atoms with E-state index in [1.807, 2.05) is 41.4 Å². The fourth-order valence-corrected chi connectivity index (χ4v) is 4.06. The van der Waals surface area contributed by atoms with Gasteiger partial charge in [0.05, 0.1) is 16.7 Å². The molecule has 0 saturated heterocycles. The van der Waals surface area contributed by atoms with Crippen LogP contribution < -0.4 is 15.2 Å². The monoisotopic (exact) mass is 446 g/mol. The van der Waals surface area contributed by atoms with Crippen molar-refractivity contribution in [2.75, 3.05) is 18.1 Å². The van der Waals surface area contributed by atoms with E-state index < -0.39 is 12.3 Å². The molecule has 0 fully saturated rings. The van der Waals surface area contributed by atoms with Crippen LogP contribution in [0.2, 0.25) is 5.02 Å². The number of carboxylic acid groups (broad SMARTS) is 1. The van der Waals surface area contributed by atoms with E-state index in [2.05, 4.69) is 12.3 Å². The molecule has 0 aliphatic heterocycles. The van der Waals surface area contributed by atoms with Crippen LogP contribution in [0.3, 0.4) is 0 Å². The van der Waals surface area contributed by atoms with Gasteiger partial charge in [-0.3, -0.25) is 0 Å². The third kappa shape index (κ3) is 5.73. The van der Waals surface area contributed by atoms with Crippen molar-refractivity contribution < 1.29 is 19.7 Å². The minimum Gasteiger partial charge on any atom is -0.449 e. The normalized spacial score (nSPS) is 11.8. The molecule has 0 radical (unpaired) electrons. The van der Waals surface area contributed by atoms with Gasteiger partial charge in [-0.05, 0) is 53.3 Å². The van der Waals surface area contributed by atoms with Crippen LogP contribution in [0.4, 0.5) is 10.5 Å². The van der Waals surface area contributed by atoms with Gasteiger partial charge in [-0.25, -0.2) is 10.2 Å². The van der Waals surface area contributed by atoms with Gasteiger partial charge in [0.25, 0.3) is 0 Å². The molecule has 0 amide bonds. The summed E-state index contributed by atoms with van der Waals surface area (Å²) in [5, 5.41) is 23.8. The van der Waals surface area contributed by atoms with Crippen LogP contribution in [-0.2, 0) is 0 Å². The molecular formula is C22H23ClN2O4S. The van der Waals surface area contributed by atoms with Crippen LogP contribution >= 0.6 is 22.9 Å². The summed E-state index contributed by atoms with van der Waals surface area (Å²) >= 11 is 7.44. The standard InChI is InChI=1S/C22H23ClN2O4S/c1-2-10-25(24-14-19(26)15-5-3-7-17(23)12-15)18-8-4-6-16(13-18)21-20(9-11-30-21)29-22(27)28/h3-9,11-13,19,24,26H,2,10,14H2,1H3,(H,27,28)/t19-/m0/s1. The Morgan fingerprint density at radius 3 is 2.77 bits per heavy atom. The molecular weight excluding hydrogens is 424 g/mol. The minimum absolute atomic E-state index is 0.316. The lowest BCUT2D eigenvalue weighted by Gasteiger charge is -2.27. The van der Waals surface area contributed by atoms with Gasteiger partial charge in [0.2, 0.25) is 0 Å². The second-order valence-electron chi connectivity index (χ2n) is 6.62. The smallest absolute Gasteiger partial charge is 0.449 e. The van der Waals surface area contributed by atoms with Crippen LogP contribution in [0.5, 0.6) is 5.75 Å². The molecule has 6 nitrogen and oxygen atoms in total. The molecule has 2 aromatic carbocycles. The maximum absolute atomic E-state index is 10.9. The largest absolute Gasteiger partial charge is 0.511 e. The molecule has 1 aromatic heterocycles.